The molecule has 0 bridgehead atoms. The molecule has 0 saturated heterocycles. The summed E-state index contributed by atoms with van der Waals surface area (Å²) < 4.78 is 5.38. The Bertz CT molecular complexity index is 732. The van der Waals surface area contributed by atoms with Crippen LogP contribution in [0.1, 0.15) is 20.8 Å². The summed E-state index contributed by atoms with van der Waals surface area (Å²) in [5.41, 5.74) is 1.45. The van der Waals surface area contributed by atoms with Crippen molar-refractivity contribution in [2.24, 2.45) is 0 Å². The van der Waals surface area contributed by atoms with Gasteiger partial charge in [-0.15, -0.1) is 11.8 Å². The Morgan fingerprint density at radius 2 is 1.80 bits per heavy atom. The Labute approximate surface area is 152 Å². The van der Waals surface area contributed by atoms with E-state index in [4.69, 9.17) is 4.74 Å². The lowest BCUT2D eigenvalue weighted by Crippen LogP contribution is -2.22. The summed E-state index contributed by atoms with van der Waals surface area (Å²) in [7, 11) is 0. The molecule has 0 aliphatic carbocycles. The average Bonchev–Trinajstić information content (AvgIpc) is 2.56. The number of carbonyl (C=O) groups excluding carboxylic acids is 2. The number of amides is 2. The third-order valence-electron chi connectivity index (χ3n) is 3.27. The normalized spacial score (nSPS) is 11.5. The van der Waals surface area contributed by atoms with Gasteiger partial charge in [0, 0.05) is 23.2 Å². The molecule has 2 aromatic carbocycles. The van der Waals surface area contributed by atoms with Crippen molar-refractivity contribution in [1.29, 1.82) is 0 Å². The first-order valence-corrected chi connectivity index (χ1v) is 8.94. The highest BCUT2D eigenvalue weighted by Crippen LogP contribution is 2.27. The quantitative estimate of drug-likeness (QED) is 0.729. The van der Waals surface area contributed by atoms with Crippen molar-refractivity contribution in [3.8, 4) is 5.75 Å². The fourth-order valence-corrected chi connectivity index (χ4v) is 3.08. The maximum absolute atomic E-state index is 12.4. The van der Waals surface area contributed by atoms with Crippen molar-refractivity contribution in [1.82, 2.24) is 0 Å². The number of hydrogen-bond donors (Lipinski definition) is 2. The van der Waals surface area contributed by atoms with Crippen LogP contribution in [0.2, 0.25) is 0 Å². The number of thioether (sulfide) groups is 1. The summed E-state index contributed by atoms with van der Waals surface area (Å²) in [6, 6.07) is 14.7. The highest BCUT2D eigenvalue weighted by Gasteiger charge is 2.15. The average molecular weight is 358 g/mol. The van der Waals surface area contributed by atoms with E-state index >= 15 is 0 Å². The molecule has 0 aliphatic heterocycles. The summed E-state index contributed by atoms with van der Waals surface area (Å²) in [4.78, 5) is 24.4. The summed E-state index contributed by atoms with van der Waals surface area (Å²) in [6.45, 7) is 5.85. The van der Waals surface area contributed by atoms with Gasteiger partial charge in [-0.05, 0) is 56.3 Å². The number of benzene rings is 2. The van der Waals surface area contributed by atoms with Crippen LogP contribution in [0.15, 0.2) is 53.4 Å². The molecule has 0 aliphatic rings. The molecule has 0 radical (unpaired) electrons. The number of rotatable bonds is 7. The van der Waals surface area contributed by atoms with Crippen LogP contribution in [0.3, 0.4) is 0 Å². The van der Waals surface area contributed by atoms with Gasteiger partial charge in [0.1, 0.15) is 5.75 Å². The van der Waals surface area contributed by atoms with Gasteiger partial charge in [0.05, 0.1) is 11.9 Å². The van der Waals surface area contributed by atoms with E-state index in [0.29, 0.717) is 6.61 Å². The fraction of sp³-hybridized carbons (Fsp3) is 0.263. The van der Waals surface area contributed by atoms with Gasteiger partial charge in [0.15, 0.2) is 0 Å². The Kier molecular flexibility index (Phi) is 6.89. The lowest BCUT2D eigenvalue weighted by Gasteiger charge is -2.13. The van der Waals surface area contributed by atoms with Crippen molar-refractivity contribution in [3.05, 3.63) is 48.5 Å². The van der Waals surface area contributed by atoms with Gasteiger partial charge >= 0.3 is 0 Å². The Morgan fingerprint density at radius 1 is 1.08 bits per heavy atom. The Hall–Kier alpha value is -2.47. The molecular formula is C19H22N2O3S. The van der Waals surface area contributed by atoms with Crippen molar-refractivity contribution in [3.63, 3.8) is 0 Å². The van der Waals surface area contributed by atoms with Gasteiger partial charge < -0.3 is 15.4 Å². The van der Waals surface area contributed by atoms with Crippen molar-refractivity contribution >= 4 is 35.0 Å². The number of carbonyl (C=O) groups is 2. The van der Waals surface area contributed by atoms with Crippen LogP contribution in [0.5, 0.6) is 5.75 Å². The number of anilines is 2. The maximum Gasteiger partial charge on any atom is 0.237 e. The first-order chi connectivity index (χ1) is 12.0. The smallest absolute Gasteiger partial charge is 0.237 e. The molecule has 1 unspecified atom stereocenters. The molecule has 0 saturated carbocycles. The zero-order valence-electron chi connectivity index (χ0n) is 14.5. The molecule has 2 amide bonds. The largest absolute Gasteiger partial charge is 0.494 e. The number of ether oxygens (including phenoxy) is 1. The molecular weight excluding hydrogens is 336 g/mol. The highest BCUT2D eigenvalue weighted by molar-refractivity contribution is 8.00. The van der Waals surface area contributed by atoms with Crippen molar-refractivity contribution in [2.75, 3.05) is 17.2 Å². The van der Waals surface area contributed by atoms with Crippen LogP contribution in [0, 0.1) is 0 Å². The summed E-state index contributed by atoms with van der Waals surface area (Å²) in [5, 5.41) is 5.35. The first-order valence-electron chi connectivity index (χ1n) is 8.06. The minimum atomic E-state index is -0.279. The van der Waals surface area contributed by atoms with Gasteiger partial charge in [-0.3, -0.25) is 9.59 Å². The second-order valence-corrected chi connectivity index (χ2v) is 6.83. The van der Waals surface area contributed by atoms with Gasteiger partial charge in [0.25, 0.3) is 0 Å². The lowest BCUT2D eigenvalue weighted by molar-refractivity contribution is -0.115. The molecule has 6 heteroatoms. The fourth-order valence-electron chi connectivity index (χ4n) is 2.15. The topological polar surface area (TPSA) is 67.4 Å². The van der Waals surface area contributed by atoms with E-state index in [0.717, 1.165) is 22.0 Å². The summed E-state index contributed by atoms with van der Waals surface area (Å²) >= 11 is 1.44. The van der Waals surface area contributed by atoms with Gasteiger partial charge in [-0.25, -0.2) is 0 Å². The third-order valence-corrected chi connectivity index (χ3v) is 4.36. The van der Waals surface area contributed by atoms with Crippen molar-refractivity contribution < 1.29 is 14.3 Å². The zero-order chi connectivity index (χ0) is 18.2. The number of hydrogen-bond acceptors (Lipinski definition) is 4. The van der Waals surface area contributed by atoms with Crippen LogP contribution in [0.25, 0.3) is 0 Å². The molecule has 2 aromatic rings. The van der Waals surface area contributed by atoms with E-state index in [1.807, 2.05) is 62.4 Å². The second kappa shape index (κ2) is 9.13. The molecule has 25 heavy (non-hydrogen) atoms. The van der Waals surface area contributed by atoms with Gasteiger partial charge in [0.2, 0.25) is 11.8 Å². The van der Waals surface area contributed by atoms with Crippen LogP contribution in [0.4, 0.5) is 11.4 Å². The zero-order valence-corrected chi connectivity index (χ0v) is 15.4. The minimum absolute atomic E-state index is 0.0842. The maximum atomic E-state index is 12.4. The van der Waals surface area contributed by atoms with E-state index in [2.05, 4.69) is 10.6 Å². The van der Waals surface area contributed by atoms with E-state index in [-0.39, 0.29) is 17.1 Å². The van der Waals surface area contributed by atoms with Crippen LogP contribution >= 0.6 is 11.8 Å². The van der Waals surface area contributed by atoms with Gasteiger partial charge in [-0.1, -0.05) is 6.07 Å². The van der Waals surface area contributed by atoms with Crippen LogP contribution in [-0.2, 0) is 9.59 Å². The minimum Gasteiger partial charge on any atom is -0.494 e. The number of nitrogens with one attached hydrogen (secondary N) is 2. The lowest BCUT2D eigenvalue weighted by atomic mass is 10.3. The first kappa shape index (κ1) is 18.9. The standard InChI is InChI=1S/C19H22N2O3S/c1-4-24-17-10-8-15(9-11-17)21-19(23)13(2)25-18-7-5-6-16(12-18)20-14(3)22/h5-13H,4H2,1-3H3,(H,20,22)(H,21,23). The molecule has 0 heterocycles. The van der Waals surface area contributed by atoms with Crippen LogP contribution in [-0.4, -0.2) is 23.7 Å². The molecule has 2 N–H and O–H groups in total. The second-order valence-electron chi connectivity index (χ2n) is 5.42. The third kappa shape index (κ3) is 6.15. The Balaban J connectivity index is 1.94. The van der Waals surface area contributed by atoms with Crippen molar-refractivity contribution in [2.45, 2.75) is 30.9 Å². The van der Waals surface area contributed by atoms with E-state index < -0.39 is 0 Å². The molecule has 5 nitrogen and oxygen atoms in total. The Morgan fingerprint density at radius 3 is 2.44 bits per heavy atom. The van der Waals surface area contributed by atoms with Gasteiger partial charge in [-0.2, -0.15) is 0 Å². The molecule has 2 rings (SSSR count). The summed E-state index contributed by atoms with van der Waals surface area (Å²) in [6.07, 6.45) is 0. The predicted octanol–water partition coefficient (Wildman–Crippen LogP) is 4.16. The predicted molar refractivity (Wildman–Crippen MR) is 102 cm³/mol. The molecule has 1 atom stereocenters. The van der Waals surface area contributed by atoms with E-state index in [1.54, 1.807) is 0 Å². The highest BCUT2D eigenvalue weighted by atomic mass is 32.2. The van der Waals surface area contributed by atoms with E-state index in [9.17, 15) is 9.59 Å². The molecule has 0 spiro atoms. The summed E-state index contributed by atoms with van der Waals surface area (Å²) in [5.74, 6) is 0.570. The molecule has 132 valence electrons. The van der Waals surface area contributed by atoms with E-state index in [1.165, 1.54) is 18.7 Å². The monoisotopic (exact) mass is 358 g/mol. The molecule has 0 aromatic heterocycles. The molecule has 0 fully saturated rings. The van der Waals surface area contributed by atoms with Crippen LogP contribution < -0.4 is 15.4 Å². The SMILES string of the molecule is CCOc1ccc(NC(=O)C(C)Sc2cccc(NC(C)=O)c2)cc1.